The molecule has 7 heteroatoms. The Morgan fingerprint density at radius 3 is 2.11 bits per heavy atom. The first kappa shape index (κ1) is 24.3. The van der Waals surface area contributed by atoms with Crippen LogP contribution in [0.25, 0.3) is 0 Å². The van der Waals surface area contributed by atoms with Crippen LogP contribution in [-0.2, 0) is 17.6 Å². The Hall–Kier alpha value is -3.45. The molecule has 1 aromatic heterocycles. The standard InChI is InChI=1S/C29H35N5O2/c35-28(30-22-25-11-12-25)26-21-27(33-17-19-36-20-18-33)32-29(31-26)34(15-13-23-7-3-1-4-8-23)16-14-24-9-5-2-6-10-24/h1-10,21,25H,11-20,22H2,(H,30,35). The van der Waals surface area contributed by atoms with Crippen molar-refractivity contribution in [2.75, 3.05) is 55.7 Å². The van der Waals surface area contributed by atoms with Crippen molar-refractivity contribution in [1.29, 1.82) is 0 Å². The summed E-state index contributed by atoms with van der Waals surface area (Å²) in [7, 11) is 0. The maximum atomic E-state index is 13.1. The minimum atomic E-state index is -0.119. The van der Waals surface area contributed by atoms with Crippen molar-refractivity contribution in [3.8, 4) is 0 Å². The van der Waals surface area contributed by atoms with Gasteiger partial charge >= 0.3 is 0 Å². The number of morpholine rings is 1. The molecule has 5 rings (SSSR count). The average Bonchev–Trinajstić information content (AvgIpc) is 3.78. The lowest BCUT2D eigenvalue weighted by molar-refractivity contribution is 0.0946. The fourth-order valence-electron chi connectivity index (χ4n) is 4.41. The molecule has 36 heavy (non-hydrogen) atoms. The summed E-state index contributed by atoms with van der Waals surface area (Å²) in [6.45, 7) is 5.10. The van der Waals surface area contributed by atoms with Gasteiger partial charge in [-0.2, -0.15) is 4.98 Å². The predicted molar refractivity (Wildman–Crippen MR) is 143 cm³/mol. The summed E-state index contributed by atoms with van der Waals surface area (Å²) in [5.74, 6) is 1.90. The number of ether oxygens (including phenoxy) is 1. The molecule has 7 nitrogen and oxygen atoms in total. The van der Waals surface area contributed by atoms with Crippen LogP contribution in [0.3, 0.4) is 0 Å². The van der Waals surface area contributed by atoms with Crippen molar-refractivity contribution >= 4 is 17.7 Å². The summed E-state index contributed by atoms with van der Waals surface area (Å²) < 4.78 is 5.55. The maximum Gasteiger partial charge on any atom is 0.270 e. The molecule has 1 saturated carbocycles. The highest BCUT2D eigenvalue weighted by atomic mass is 16.5. The predicted octanol–water partition coefficient (Wildman–Crippen LogP) is 3.74. The number of aromatic nitrogens is 2. The first-order chi connectivity index (χ1) is 17.7. The molecule has 0 atom stereocenters. The third kappa shape index (κ3) is 6.82. The number of anilines is 2. The zero-order chi connectivity index (χ0) is 24.6. The normalized spacial score (nSPS) is 15.5. The summed E-state index contributed by atoms with van der Waals surface area (Å²) >= 11 is 0. The van der Waals surface area contributed by atoms with Gasteiger partial charge in [-0.25, -0.2) is 4.98 Å². The second-order valence-corrected chi connectivity index (χ2v) is 9.62. The van der Waals surface area contributed by atoms with Crippen molar-refractivity contribution in [2.24, 2.45) is 5.92 Å². The molecule has 2 fully saturated rings. The van der Waals surface area contributed by atoms with E-state index in [9.17, 15) is 4.79 Å². The van der Waals surface area contributed by atoms with Crippen molar-refractivity contribution < 1.29 is 9.53 Å². The number of carbonyl (C=O) groups excluding carboxylic acids is 1. The smallest absolute Gasteiger partial charge is 0.270 e. The SMILES string of the molecule is O=C(NCC1CC1)c1cc(N2CCOCC2)nc(N(CCc2ccccc2)CCc2ccccc2)n1. The van der Waals surface area contributed by atoms with E-state index in [0.717, 1.165) is 51.4 Å². The minimum absolute atomic E-state index is 0.119. The second-order valence-electron chi connectivity index (χ2n) is 9.62. The van der Waals surface area contributed by atoms with E-state index in [2.05, 4.69) is 63.6 Å². The first-order valence-corrected chi connectivity index (χ1v) is 13.1. The van der Waals surface area contributed by atoms with Crippen LogP contribution in [0.2, 0.25) is 0 Å². The van der Waals surface area contributed by atoms with E-state index in [1.807, 2.05) is 18.2 Å². The molecule has 1 aliphatic carbocycles. The van der Waals surface area contributed by atoms with Crippen LogP contribution >= 0.6 is 0 Å². The molecule has 3 aromatic rings. The minimum Gasteiger partial charge on any atom is -0.378 e. The first-order valence-electron chi connectivity index (χ1n) is 13.1. The van der Waals surface area contributed by atoms with Gasteiger partial charge in [0.15, 0.2) is 0 Å². The number of benzene rings is 2. The Bertz CT molecular complexity index is 1070. The van der Waals surface area contributed by atoms with E-state index in [4.69, 9.17) is 14.7 Å². The van der Waals surface area contributed by atoms with Crippen molar-refractivity contribution in [3.05, 3.63) is 83.6 Å². The van der Waals surface area contributed by atoms with Gasteiger partial charge in [0.2, 0.25) is 5.95 Å². The Kier molecular flexibility index (Phi) is 8.08. The van der Waals surface area contributed by atoms with E-state index in [1.54, 1.807) is 0 Å². The Morgan fingerprint density at radius 1 is 0.917 bits per heavy atom. The highest BCUT2D eigenvalue weighted by molar-refractivity contribution is 5.93. The van der Waals surface area contributed by atoms with Crippen LogP contribution in [0.1, 0.15) is 34.5 Å². The number of nitrogens with one attached hydrogen (secondary N) is 1. The van der Waals surface area contributed by atoms with Crippen molar-refractivity contribution in [2.45, 2.75) is 25.7 Å². The van der Waals surface area contributed by atoms with Crippen LogP contribution in [0, 0.1) is 5.92 Å². The molecule has 188 valence electrons. The molecule has 0 radical (unpaired) electrons. The van der Waals surface area contributed by atoms with Crippen molar-refractivity contribution in [3.63, 3.8) is 0 Å². The van der Waals surface area contributed by atoms with Crippen molar-refractivity contribution in [1.82, 2.24) is 15.3 Å². The third-order valence-electron chi connectivity index (χ3n) is 6.83. The molecule has 1 saturated heterocycles. The largest absolute Gasteiger partial charge is 0.378 e. The topological polar surface area (TPSA) is 70.6 Å². The van der Waals surface area contributed by atoms with Gasteiger partial charge in [0.05, 0.1) is 13.2 Å². The number of hydrogen-bond donors (Lipinski definition) is 1. The van der Waals surface area contributed by atoms with Gasteiger partial charge < -0.3 is 19.9 Å². The number of carbonyl (C=O) groups is 1. The Labute approximate surface area is 213 Å². The van der Waals surface area contributed by atoms with E-state index >= 15 is 0 Å². The number of amides is 1. The fraction of sp³-hybridized carbons (Fsp3) is 0.414. The quantitative estimate of drug-likeness (QED) is 0.446. The molecule has 0 unspecified atom stereocenters. The van der Waals surface area contributed by atoms with Crippen LogP contribution in [0.15, 0.2) is 66.7 Å². The Morgan fingerprint density at radius 2 is 1.53 bits per heavy atom. The number of rotatable bonds is 11. The van der Waals surface area contributed by atoms with Gasteiger partial charge in [-0.05, 0) is 42.7 Å². The highest BCUT2D eigenvalue weighted by Gasteiger charge is 2.24. The molecular formula is C29H35N5O2. The van der Waals surface area contributed by atoms with Gasteiger partial charge in [0.25, 0.3) is 5.91 Å². The number of nitrogens with zero attached hydrogens (tertiary/aromatic N) is 4. The van der Waals surface area contributed by atoms with Crippen LogP contribution < -0.4 is 15.1 Å². The second kappa shape index (κ2) is 12.0. The molecule has 1 N–H and O–H groups in total. The van der Waals surface area contributed by atoms with Gasteiger partial charge in [-0.15, -0.1) is 0 Å². The lowest BCUT2D eigenvalue weighted by Gasteiger charge is -2.30. The monoisotopic (exact) mass is 485 g/mol. The Balaban J connectivity index is 1.41. The zero-order valence-corrected chi connectivity index (χ0v) is 20.8. The van der Waals surface area contributed by atoms with Crippen LogP contribution in [0.5, 0.6) is 0 Å². The maximum absolute atomic E-state index is 13.1. The molecule has 2 heterocycles. The van der Waals surface area contributed by atoms with E-state index < -0.39 is 0 Å². The molecule has 0 spiro atoms. The summed E-state index contributed by atoms with van der Waals surface area (Å²) in [5, 5.41) is 3.08. The number of hydrogen-bond acceptors (Lipinski definition) is 6. The fourth-order valence-corrected chi connectivity index (χ4v) is 4.41. The highest BCUT2D eigenvalue weighted by Crippen LogP contribution is 2.28. The van der Waals surface area contributed by atoms with Gasteiger partial charge in [-0.1, -0.05) is 60.7 Å². The average molecular weight is 486 g/mol. The van der Waals surface area contributed by atoms with Crippen LogP contribution in [-0.4, -0.2) is 61.8 Å². The third-order valence-corrected chi connectivity index (χ3v) is 6.83. The van der Waals surface area contributed by atoms with Gasteiger partial charge in [-0.3, -0.25) is 4.79 Å². The lowest BCUT2D eigenvalue weighted by atomic mass is 10.1. The molecule has 2 aromatic carbocycles. The van der Waals surface area contributed by atoms with Crippen LogP contribution in [0.4, 0.5) is 11.8 Å². The van der Waals surface area contributed by atoms with Gasteiger partial charge in [0.1, 0.15) is 11.5 Å². The molecule has 2 aliphatic rings. The summed E-state index contributed by atoms with van der Waals surface area (Å²) in [4.78, 5) is 27.3. The summed E-state index contributed by atoms with van der Waals surface area (Å²) in [6, 6.07) is 22.8. The molecule has 1 amide bonds. The van der Waals surface area contributed by atoms with E-state index in [-0.39, 0.29) is 5.91 Å². The zero-order valence-electron chi connectivity index (χ0n) is 20.8. The van der Waals surface area contributed by atoms with E-state index in [0.29, 0.717) is 30.8 Å². The molecule has 1 aliphatic heterocycles. The summed E-state index contributed by atoms with van der Waals surface area (Å²) in [6.07, 6.45) is 4.15. The lowest BCUT2D eigenvalue weighted by Crippen LogP contribution is -2.38. The summed E-state index contributed by atoms with van der Waals surface area (Å²) in [5.41, 5.74) is 2.98. The van der Waals surface area contributed by atoms with Gasteiger partial charge in [0, 0.05) is 38.8 Å². The molecular weight excluding hydrogens is 450 g/mol. The molecule has 0 bridgehead atoms. The van der Waals surface area contributed by atoms with E-state index in [1.165, 1.54) is 24.0 Å².